The second-order valence-electron chi connectivity index (χ2n) is 5.06. The second kappa shape index (κ2) is 9.58. The molecule has 0 aliphatic carbocycles. The number of nitrogens with two attached hydrogens (primary N) is 1. The number of hydrogen-bond acceptors (Lipinski definition) is 3. The van der Waals surface area contributed by atoms with Crippen LogP contribution in [-0.4, -0.2) is 37.0 Å². The van der Waals surface area contributed by atoms with Crippen LogP contribution in [0.4, 0.5) is 4.39 Å². The van der Waals surface area contributed by atoms with Crippen LogP contribution in [-0.2, 0) is 4.79 Å². The van der Waals surface area contributed by atoms with E-state index in [0.717, 1.165) is 0 Å². The lowest BCUT2D eigenvalue weighted by Crippen LogP contribution is -2.40. The Morgan fingerprint density at radius 2 is 1.90 bits per heavy atom. The predicted octanol–water partition coefficient (Wildman–Crippen LogP) is 2.46. The molecule has 1 amide bonds. The molecule has 0 aromatic heterocycles. The standard InChI is InChI=1S/C15H23FN2O2.ClH/c1-11(12(2)17)15(19)18(3)9-4-10-20-14-7-5-13(16)6-8-14;/h5-8,11-12H,4,9-10,17H2,1-3H3;1H. The SMILES string of the molecule is CC(N)C(C)C(=O)N(C)CCCOc1ccc(F)cc1.Cl. The first-order valence-corrected chi connectivity index (χ1v) is 6.80. The van der Waals surface area contributed by atoms with E-state index in [0.29, 0.717) is 25.3 Å². The molecule has 0 aliphatic heterocycles. The van der Waals surface area contributed by atoms with Gasteiger partial charge < -0.3 is 15.4 Å². The summed E-state index contributed by atoms with van der Waals surface area (Å²) in [4.78, 5) is 13.6. The Morgan fingerprint density at radius 1 is 1.33 bits per heavy atom. The zero-order valence-electron chi connectivity index (χ0n) is 12.7. The third-order valence-electron chi connectivity index (χ3n) is 3.27. The van der Waals surface area contributed by atoms with Gasteiger partial charge in [0.05, 0.1) is 12.5 Å². The molecule has 0 saturated carbocycles. The molecule has 0 aliphatic rings. The number of nitrogens with zero attached hydrogens (tertiary/aromatic N) is 1. The van der Waals surface area contributed by atoms with E-state index in [-0.39, 0.29) is 36.1 Å². The normalized spacial score (nSPS) is 13.0. The second-order valence-corrected chi connectivity index (χ2v) is 5.06. The summed E-state index contributed by atoms with van der Waals surface area (Å²) < 4.78 is 18.2. The molecule has 2 N–H and O–H groups in total. The Morgan fingerprint density at radius 3 is 2.43 bits per heavy atom. The number of ether oxygens (including phenoxy) is 1. The van der Waals surface area contributed by atoms with Crippen molar-refractivity contribution < 1.29 is 13.9 Å². The molecule has 2 atom stereocenters. The molecule has 21 heavy (non-hydrogen) atoms. The Labute approximate surface area is 131 Å². The third kappa shape index (κ3) is 6.78. The number of amides is 1. The van der Waals surface area contributed by atoms with Crippen molar-refractivity contribution in [1.29, 1.82) is 0 Å². The van der Waals surface area contributed by atoms with E-state index < -0.39 is 0 Å². The van der Waals surface area contributed by atoms with E-state index in [1.807, 2.05) is 13.8 Å². The number of halogens is 2. The van der Waals surface area contributed by atoms with E-state index in [1.54, 1.807) is 24.1 Å². The van der Waals surface area contributed by atoms with Gasteiger partial charge in [-0.3, -0.25) is 4.79 Å². The molecule has 0 radical (unpaired) electrons. The van der Waals surface area contributed by atoms with Gasteiger partial charge >= 0.3 is 0 Å². The molecular weight excluding hydrogens is 295 g/mol. The number of rotatable bonds is 7. The fourth-order valence-electron chi connectivity index (χ4n) is 1.71. The van der Waals surface area contributed by atoms with Crippen molar-refractivity contribution in [3.8, 4) is 5.75 Å². The van der Waals surface area contributed by atoms with Crippen molar-refractivity contribution in [1.82, 2.24) is 4.90 Å². The Hall–Kier alpha value is -1.33. The summed E-state index contributed by atoms with van der Waals surface area (Å²) in [6.45, 7) is 4.75. The third-order valence-corrected chi connectivity index (χ3v) is 3.27. The highest BCUT2D eigenvalue weighted by atomic mass is 35.5. The molecule has 4 nitrogen and oxygen atoms in total. The molecule has 1 aromatic carbocycles. The molecule has 1 rings (SSSR count). The van der Waals surface area contributed by atoms with Crippen LogP contribution < -0.4 is 10.5 Å². The van der Waals surface area contributed by atoms with E-state index in [1.165, 1.54) is 12.1 Å². The minimum atomic E-state index is -0.285. The summed E-state index contributed by atoms with van der Waals surface area (Å²) in [5.74, 6) is 0.205. The lowest BCUT2D eigenvalue weighted by Gasteiger charge is -2.23. The van der Waals surface area contributed by atoms with Crippen LogP contribution in [0.25, 0.3) is 0 Å². The van der Waals surface area contributed by atoms with Gasteiger partial charge in [0, 0.05) is 19.6 Å². The van der Waals surface area contributed by atoms with Crippen molar-refractivity contribution >= 4 is 18.3 Å². The van der Waals surface area contributed by atoms with Crippen LogP contribution in [0, 0.1) is 11.7 Å². The summed E-state index contributed by atoms with van der Waals surface area (Å²) in [6.07, 6.45) is 0.714. The molecule has 0 saturated heterocycles. The zero-order chi connectivity index (χ0) is 15.1. The van der Waals surface area contributed by atoms with Crippen LogP contribution in [0.3, 0.4) is 0 Å². The number of benzene rings is 1. The van der Waals surface area contributed by atoms with E-state index in [4.69, 9.17) is 10.5 Å². The summed E-state index contributed by atoms with van der Waals surface area (Å²) in [7, 11) is 1.76. The molecule has 1 aromatic rings. The van der Waals surface area contributed by atoms with Crippen LogP contribution in [0.15, 0.2) is 24.3 Å². The predicted molar refractivity (Wildman–Crippen MR) is 84.2 cm³/mol. The summed E-state index contributed by atoms with van der Waals surface area (Å²) in [5.41, 5.74) is 5.71. The van der Waals surface area contributed by atoms with E-state index in [2.05, 4.69) is 0 Å². The first-order valence-electron chi connectivity index (χ1n) is 6.80. The summed E-state index contributed by atoms with van der Waals surface area (Å²) >= 11 is 0. The van der Waals surface area contributed by atoms with Crippen molar-refractivity contribution in [2.45, 2.75) is 26.3 Å². The summed E-state index contributed by atoms with van der Waals surface area (Å²) in [6, 6.07) is 5.73. The Balaban J connectivity index is 0.00000400. The molecule has 0 spiro atoms. The van der Waals surface area contributed by atoms with Crippen LogP contribution in [0.1, 0.15) is 20.3 Å². The molecule has 2 unspecified atom stereocenters. The summed E-state index contributed by atoms with van der Waals surface area (Å²) in [5, 5.41) is 0. The highest BCUT2D eigenvalue weighted by molar-refractivity contribution is 5.85. The molecule has 120 valence electrons. The van der Waals surface area contributed by atoms with E-state index in [9.17, 15) is 9.18 Å². The van der Waals surface area contributed by atoms with Gasteiger partial charge in [-0.2, -0.15) is 0 Å². The van der Waals surface area contributed by atoms with Gasteiger partial charge in [0.1, 0.15) is 11.6 Å². The van der Waals surface area contributed by atoms with Gasteiger partial charge in [-0.1, -0.05) is 6.92 Å². The van der Waals surface area contributed by atoms with Crippen molar-refractivity contribution in [2.75, 3.05) is 20.2 Å². The van der Waals surface area contributed by atoms with E-state index >= 15 is 0 Å². The maximum absolute atomic E-state index is 12.7. The number of hydrogen-bond donors (Lipinski definition) is 1. The Bertz CT molecular complexity index is 426. The average Bonchev–Trinajstić information content (AvgIpc) is 2.43. The maximum Gasteiger partial charge on any atom is 0.226 e. The van der Waals surface area contributed by atoms with Gasteiger partial charge in [-0.25, -0.2) is 4.39 Å². The first-order chi connectivity index (χ1) is 9.41. The van der Waals surface area contributed by atoms with Gasteiger partial charge in [0.25, 0.3) is 0 Å². The number of carbonyl (C=O) groups excluding carboxylic acids is 1. The highest BCUT2D eigenvalue weighted by Crippen LogP contribution is 2.11. The fraction of sp³-hybridized carbons (Fsp3) is 0.533. The quantitative estimate of drug-likeness (QED) is 0.786. The minimum Gasteiger partial charge on any atom is -0.494 e. The fourth-order valence-corrected chi connectivity index (χ4v) is 1.71. The van der Waals surface area contributed by atoms with Crippen LogP contribution >= 0.6 is 12.4 Å². The first kappa shape index (κ1) is 19.7. The molecule has 0 fully saturated rings. The van der Waals surface area contributed by atoms with Gasteiger partial charge in [0.2, 0.25) is 5.91 Å². The molecule has 6 heteroatoms. The minimum absolute atomic E-state index is 0. The smallest absolute Gasteiger partial charge is 0.226 e. The maximum atomic E-state index is 12.7. The lowest BCUT2D eigenvalue weighted by atomic mass is 10.0. The molecule has 0 heterocycles. The van der Waals surface area contributed by atoms with Crippen molar-refractivity contribution in [3.05, 3.63) is 30.1 Å². The zero-order valence-corrected chi connectivity index (χ0v) is 13.5. The van der Waals surface area contributed by atoms with Gasteiger partial charge in [0.15, 0.2) is 0 Å². The van der Waals surface area contributed by atoms with Crippen LogP contribution in [0.2, 0.25) is 0 Å². The van der Waals surface area contributed by atoms with Crippen molar-refractivity contribution in [2.24, 2.45) is 11.7 Å². The Kier molecular flexibility index (Phi) is 8.97. The molecule has 0 bridgehead atoms. The van der Waals surface area contributed by atoms with Crippen molar-refractivity contribution in [3.63, 3.8) is 0 Å². The highest BCUT2D eigenvalue weighted by Gasteiger charge is 2.20. The van der Waals surface area contributed by atoms with Crippen LogP contribution in [0.5, 0.6) is 5.75 Å². The van der Waals surface area contributed by atoms with Gasteiger partial charge in [-0.05, 0) is 37.6 Å². The molecular formula is C15H24ClFN2O2. The monoisotopic (exact) mass is 318 g/mol. The average molecular weight is 319 g/mol. The largest absolute Gasteiger partial charge is 0.494 e. The topological polar surface area (TPSA) is 55.6 Å². The van der Waals surface area contributed by atoms with Gasteiger partial charge in [-0.15, -0.1) is 12.4 Å². The number of carbonyl (C=O) groups is 1. The lowest BCUT2D eigenvalue weighted by molar-refractivity contribution is -0.134.